The Morgan fingerprint density at radius 2 is 2.21 bits per heavy atom. The van der Waals surface area contributed by atoms with Crippen LogP contribution in [-0.2, 0) is 11.3 Å². The van der Waals surface area contributed by atoms with Crippen LogP contribution in [0.25, 0.3) is 0 Å². The summed E-state index contributed by atoms with van der Waals surface area (Å²) in [5.41, 5.74) is 0.733. The van der Waals surface area contributed by atoms with Crippen molar-refractivity contribution in [2.24, 2.45) is 10.9 Å². The van der Waals surface area contributed by atoms with E-state index in [0.29, 0.717) is 31.6 Å². The van der Waals surface area contributed by atoms with Crippen molar-refractivity contribution in [2.75, 3.05) is 46.4 Å². The van der Waals surface area contributed by atoms with Gasteiger partial charge in [0.25, 0.3) is 0 Å². The minimum atomic E-state index is -4.40. The first-order valence-corrected chi connectivity index (χ1v) is 9.68. The lowest BCUT2D eigenvalue weighted by Gasteiger charge is -2.34. The minimum absolute atomic E-state index is 0.0644. The van der Waals surface area contributed by atoms with Crippen molar-refractivity contribution in [3.05, 3.63) is 23.9 Å². The summed E-state index contributed by atoms with van der Waals surface area (Å²) >= 11 is 0. The highest BCUT2D eigenvalue weighted by Gasteiger charge is 2.28. The molecule has 1 aliphatic heterocycles. The largest absolute Gasteiger partial charge is 0.468 e. The van der Waals surface area contributed by atoms with Gasteiger partial charge in [0.2, 0.25) is 5.88 Å². The molecule has 1 unspecified atom stereocenters. The van der Waals surface area contributed by atoms with E-state index in [1.807, 2.05) is 0 Å². The van der Waals surface area contributed by atoms with Gasteiger partial charge in [-0.25, -0.2) is 4.98 Å². The fraction of sp³-hybridized carbons (Fsp3) is 0.684. The van der Waals surface area contributed by atoms with Gasteiger partial charge in [0.1, 0.15) is 0 Å². The van der Waals surface area contributed by atoms with Crippen LogP contribution in [0.2, 0.25) is 0 Å². The van der Waals surface area contributed by atoms with Crippen molar-refractivity contribution in [1.82, 2.24) is 20.5 Å². The molecule has 1 saturated heterocycles. The second kappa shape index (κ2) is 11.2. The molecular formula is C19H30F3N5O2. The maximum atomic E-state index is 12.3. The van der Waals surface area contributed by atoms with Crippen LogP contribution in [0, 0.1) is 5.92 Å². The number of guanidine groups is 1. The number of halogens is 3. The van der Waals surface area contributed by atoms with Crippen molar-refractivity contribution in [3.8, 4) is 5.88 Å². The maximum Gasteiger partial charge on any atom is 0.422 e. The van der Waals surface area contributed by atoms with Gasteiger partial charge in [-0.15, -0.1) is 0 Å². The standard InChI is InChI=1S/C19H30F3N5O2/c1-14(2)11-27-6-7-28-16(12-27)10-26-18(23-3)25-9-15-4-5-24-17(8-15)29-13-19(20,21)22/h4-5,8,14,16H,6-7,9-13H2,1-3H3,(H2,23,25,26). The van der Waals surface area contributed by atoms with Crippen LogP contribution >= 0.6 is 0 Å². The van der Waals surface area contributed by atoms with Gasteiger partial charge in [0, 0.05) is 52.0 Å². The number of morpholine rings is 1. The fourth-order valence-corrected chi connectivity index (χ4v) is 3.00. The molecule has 1 aromatic heterocycles. The van der Waals surface area contributed by atoms with Gasteiger partial charge in [-0.3, -0.25) is 9.89 Å². The first-order valence-electron chi connectivity index (χ1n) is 9.68. The lowest BCUT2D eigenvalue weighted by Crippen LogP contribution is -2.50. The number of aliphatic imine (C=N–C) groups is 1. The molecule has 29 heavy (non-hydrogen) atoms. The van der Waals surface area contributed by atoms with E-state index >= 15 is 0 Å². The van der Waals surface area contributed by atoms with Crippen molar-refractivity contribution >= 4 is 5.96 Å². The summed E-state index contributed by atoms with van der Waals surface area (Å²) in [7, 11) is 1.66. The molecule has 0 spiro atoms. The molecule has 7 nitrogen and oxygen atoms in total. The molecule has 0 saturated carbocycles. The number of pyridine rings is 1. The number of hydrogen-bond acceptors (Lipinski definition) is 5. The Hall–Kier alpha value is -2.07. The molecule has 0 radical (unpaired) electrons. The molecule has 164 valence electrons. The van der Waals surface area contributed by atoms with Gasteiger partial charge < -0.3 is 20.1 Å². The maximum absolute atomic E-state index is 12.3. The van der Waals surface area contributed by atoms with E-state index < -0.39 is 12.8 Å². The molecule has 1 aromatic rings. The number of aromatic nitrogens is 1. The van der Waals surface area contributed by atoms with Crippen molar-refractivity contribution in [2.45, 2.75) is 32.7 Å². The number of rotatable bonds is 8. The number of ether oxygens (including phenoxy) is 2. The van der Waals surface area contributed by atoms with E-state index in [2.05, 4.69) is 44.1 Å². The average molecular weight is 417 g/mol. The first-order chi connectivity index (χ1) is 13.7. The van der Waals surface area contributed by atoms with Crippen LogP contribution in [0.4, 0.5) is 13.2 Å². The highest BCUT2D eigenvalue weighted by Crippen LogP contribution is 2.17. The van der Waals surface area contributed by atoms with Crippen molar-refractivity contribution in [1.29, 1.82) is 0 Å². The fourth-order valence-electron chi connectivity index (χ4n) is 3.00. The van der Waals surface area contributed by atoms with Gasteiger partial charge in [-0.2, -0.15) is 13.2 Å². The van der Waals surface area contributed by atoms with Crippen LogP contribution in [0.3, 0.4) is 0 Å². The van der Waals surface area contributed by atoms with E-state index in [0.717, 1.165) is 25.2 Å². The highest BCUT2D eigenvalue weighted by atomic mass is 19.4. The molecule has 2 N–H and O–H groups in total. The highest BCUT2D eigenvalue weighted by molar-refractivity contribution is 5.79. The number of nitrogens with one attached hydrogen (secondary N) is 2. The molecule has 2 rings (SSSR count). The lowest BCUT2D eigenvalue weighted by molar-refractivity contribution is -0.154. The van der Waals surface area contributed by atoms with Crippen LogP contribution in [0.1, 0.15) is 19.4 Å². The minimum Gasteiger partial charge on any atom is -0.468 e. The average Bonchev–Trinajstić information content (AvgIpc) is 2.66. The van der Waals surface area contributed by atoms with E-state index in [4.69, 9.17) is 4.74 Å². The Labute approximate surface area is 169 Å². The topological polar surface area (TPSA) is 71.0 Å². The van der Waals surface area contributed by atoms with Gasteiger partial charge in [-0.05, 0) is 17.5 Å². The second-order valence-corrected chi connectivity index (χ2v) is 7.36. The Balaban J connectivity index is 1.77. The molecule has 0 aliphatic carbocycles. The predicted molar refractivity (Wildman–Crippen MR) is 105 cm³/mol. The van der Waals surface area contributed by atoms with E-state index in [1.54, 1.807) is 13.1 Å². The monoisotopic (exact) mass is 417 g/mol. The lowest BCUT2D eigenvalue weighted by atomic mass is 10.2. The molecule has 1 atom stereocenters. The second-order valence-electron chi connectivity index (χ2n) is 7.36. The zero-order valence-electron chi connectivity index (χ0n) is 17.1. The van der Waals surface area contributed by atoms with Crippen LogP contribution in [-0.4, -0.2) is 74.6 Å². The third-order valence-corrected chi connectivity index (χ3v) is 4.21. The summed E-state index contributed by atoms with van der Waals surface area (Å²) in [6, 6.07) is 3.18. The van der Waals surface area contributed by atoms with Crippen molar-refractivity contribution < 1.29 is 22.6 Å². The first kappa shape index (κ1) is 23.2. The van der Waals surface area contributed by atoms with Crippen molar-refractivity contribution in [3.63, 3.8) is 0 Å². The van der Waals surface area contributed by atoms with Crippen LogP contribution < -0.4 is 15.4 Å². The zero-order valence-corrected chi connectivity index (χ0v) is 17.1. The summed E-state index contributed by atoms with van der Waals surface area (Å²) in [6.07, 6.45) is -2.91. The predicted octanol–water partition coefficient (Wildman–Crippen LogP) is 2.04. The van der Waals surface area contributed by atoms with Gasteiger partial charge in [0.15, 0.2) is 12.6 Å². The summed E-state index contributed by atoms with van der Waals surface area (Å²) in [4.78, 5) is 10.4. The van der Waals surface area contributed by atoms with Gasteiger partial charge in [0.05, 0.1) is 12.7 Å². The van der Waals surface area contributed by atoms with E-state index in [-0.39, 0.29) is 12.0 Å². The Kier molecular flexibility index (Phi) is 8.97. The Morgan fingerprint density at radius 3 is 2.90 bits per heavy atom. The van der Waals surface area contributed by atoms with Crippen LogP contribution in [0.5, 0.6) is 5.88 Å². The Bertz CT molecular complexity index is 655. The molecule has 0 amide bonds. The molecule has 10 heteroatoms. The third kappa shape index (κ3) is 9.31. The molecule has 1 fully saturated rings. The van der Waals surface area contributed by atoms with Gasteiger partial charge >= 0.3 is 6.18 Å². The number of nitrogens with zero attached hydrogens (tertiary/aromatic N) is 3. The zero-order chi connectivity index (χ0) is 21.3. The summed E-state index contributed by atoms with van der Waals surface area (Å²) in [5.74, 6) is 1.14. The summed E-state index contributed by atoms with van der Waals surface area (Å²) in [6.45, 7) is 7.60. The molecule has 2 heterocycles. The third-order valence-electron chi connectivity index (χ3n) is 4.21. The molecule has 0 aromatic carbocycles. The summed E-state index contributed by atoms with van der Waals surface area (Å²) in [5, 5.41) is 6.37. The SMILES string of the molecule is CN=C(NCc1ccnc(OCC(F)(F)F)c1)NCC1CN(CC(C)C)CCO1. The smallest absolute Gasteiger partial charge is 0.422 e. The van der Waals surface area contributed by atoms with Crippen LogP contribution in [0.15, 0.2) is 23.3 Å². The van der Waals surface area contributed by atoms with Gasteiger partial charge in [-0.1, -0.05) is 13.8 Å². The molecule has 0 bridgehead atoms. The Morgan fingerprint density at radius 1 is 1.41 bits per heavy atom. The molecule has 1 aliphatic rings. The summed E-state index contributed by atoms with van der Waals surface area (Å²) < 4.78 is 47.3. The quantitative estimate of drug-likeness (QED) is 0.498. The van der Waals surface area contributed by atoms with E-state index in [1.165, 1.54) is 12.3 Å². The number of alkyl halides is 3. The normalized spacial score (nSPS) is 18.7. The number of hydrogen-bond donors (Lipinski definition) is 2. The molecular weight excluding hydrogens is 387 g/mol. The van der Waals surface area contributed by atoms with E-state index in [9.17, 15) is 13.2 Å².